The quantitative estimate of drug-likeness (QED) is 0.823. The van der Waals surface area contributed by atoms with E-state index in [0.717, 1.165) is 31.6 Å². The van der Waals surface area contributed by atoms with Gasteiger partial charge in [0, 0.05) is 24.7 Å². The van der Waals surface area contributed by atoms with Crippen LogP contribution in [0.5, 0.6) is 0 Å². The topological polar surface area (TPSA) is 26.7 Å². The van der Waals surface area contributed by atoms with Gasteiger partial charge in [-0.05, 0) is 45.3 Å². The minimum absolute atomic E-state index is 0.413. The molecule has 3 nitrogen and oxygen atoms in total. The Kier molecular flexibility index (Phi) is 6.65. The lowest BCUT2D eigenvalue weighted by atomic mass is 10.1. The van der Waals surface area contributed by atoms with E-state index in [0.29, 0.717) is 5.02 Å². The summed E-state index contributed by atoms with van der Waals surface area (Å²) in [4.78, 5) is 4.39. The van der Waals surface area contributed by atoms with Crippen molar-refractivity contribution >= 4 is 11.6 Å². The lowest BCUT2D eigenvalue weighted by Crippen LogP contribution is -2.30. The predicted molar refractivity (Wildman–Crippen MR) is 77.1 cm³/mol. The second-order valence-corrected chi connectivity index (χ2v) is 5.40. The van der Waals surface area contributed by atoms with Crippen LogP contribution in [0.15, 0.2) is 24.3 Å². The molecule has 0 saturated carbocycles. The highest BCUT2D eigenvalue weighted by molar-refractivity contribution is 6.30. The molecule has 0 heterocycles. The zero-order valence-corrected chi connectivity index (χ0v) is 12.2. The zero-order valence-electron chi connectivity index (χ0n) is 11.4. The molecular formula is C14H23ClN2O. The molecule has 0 aliphatic heterocycles. The first-order valence-electron chi connectivity index (χ1n) is 6.26. The van der Waals surface area contributed by atoms with Crippen molar-refractivity contribution in [2.75, 3.05) is 40.8 Å². The lowest BCUT2D eigenvalue weighted by molar-refractivity contribution is 0.147. The van der Waals surface area contributed by atoms with E-state index < -0.39 is 6.10 Å². The maximum atomic E-state index is 10.1. The summed E-state index contributed by atoms with van der Waals surface area (Å²) in [6.45, 7) is 2.94. The van der Waals surface area contributed by atoms with Gasteiger partial charge in [0.1, 0.15) is 0 Å². The van der Waals surface area contributed by atoms with E-state index in [2.05, 4.69) is 30.9 Å². The molecule has 1 atom stereocenters. The summed E-state index contributed by atoms with van der Waals surface area (Å²) in [5.74, 6) is 0. The Morgan fingerprint density at radius 3 is 2.22 bits per heavy atom. The second kappa shape index (κ2) is 7.74. The fourth-order valence-corrected chi connectivity index (χ4v) is 1.80. The Bertz CT molecular complexity index is 340. The summed E-state index contributed by atoms with van der Waals surface area (Å²) in [6, 6.07) is 7.39. The molecule has 0 radical (unpaired) electrons. The van der Waals surface area contributed by atoms with E-state index in [4.69, 9.17) is 11.6 Å². The molecule has 1 aromatic carbocycles. The van der Waals surface area contributed by atoms with Gasteiger partial charge in [0.15, 0.2) is 0 Å². The predicted octanol–water partition coefficient (Wildman–Crippen LogP) is 2.26. The minimum atomic E-state index is -0.413. The molecule has 0 aliphatic carbocycles. The van der Waals surface area contributed by atoms with Gasteiger partial charge in [-0.15, -0.1) is 0 Å². The second-order valence-electron chi connectivity index (χ2n) is 4.96. The monoisotopic (exact) mass is 270 g/mol. The fourth-order valence-electron chi connectivity index (χ4n) is 1.68. The molecule has 1 unspecified atom stereocenters. The number of nitrogens with zero attached hydrogens (tertiary/aromatic N) is 2. The van der Waals surface area contributed by atoms with Gasteiger partial charge in [-0.25, -0.2) is 0 Å². The smallest absolute Gasteiger partial charge is 0.0802 e. The number of aliphatic hydroxyl groups is 1. The number of hydrogen-bond acceptors (Lipinski definition) is 3. The van der Waals surface area contributed by atoms with Crippen LogP contribution in [-0.4, -0.2) is 55.7 Å². The van der Waals surface area contributed by atoms with Crippen LogP contribution < -0.4 is 0 Å². The van der Waals surface area contributed by atoms with Crippen molar-refractivity contribution in [2.24, 2.45) is 0 Å². The van der Waals surface area contributed by atoms with Gasteiger partial charge in [-0.3, -0.25) is 0 Å². The molecule has 0 bridgehead atoms. The Morgan fingerprint density at radius 1 is 1.06 bits per heavy atom. The molecule has 1 rings (SSSR count). The molecule has 0 amide bonds. The van der Waals surface area contributed by atoms with Crippen molar-refractivity contribution in [3.8, 4) is 0 Å². The van der Waals surface area contributed by atoms with Gasteiger partial charge in [-0.2, -0.15) is 0 Å². The third-order valence-electron chi connectivity index (χ3n) is 2.97. The highest BCUT2D eigenvalue weighted by Gasteiger charge is 2.08. The van der Waals surface area contributed by atoms with Crippen molar-refractivity contribution in [1.82, 2.24) is 9.80 Å². The minimum Gasteiger partial charge on any atom is -0.388 e. The summed E-state index contributed by atoms with van der Waals surface area (Å²) in [6.07, 6.45) is 0.329. The van der Waals surface area contributed by atoms with Crippen molar-refractivity contribution in [1.29, 1.82) is 0 Å². The van der Waals surface area contributed by atoms with Crippen LogP contribution in [0.25, 0.3) is 0 Å². The number of rotatable bonds is 7. The molecule has 0 spiro atoms. The third-order valence-corrected chi connectivity index (χ3v) is 3.22. The van der Waals surface area contributed by atoms with Crippen LogP contribution >= 0.6 is 11.6 Å². The Labute approximate surface area is 115 Å². The van der Waals surface area contributed by atoms with Crippen molar-refractivity contribution in [3.05, 3.63) is 34.9 Å². The van der Waals surface area contributed by atoms with Crippen molar-refractivity contribution < 1.29 is 5.11 Å². The first-order chi connectivity index (χ1) is 8.49. The van der Waals surface area contributed by atoms with Crippen LogP contribution in [0.2, 0.25) is 5.02 Å². The highest BCUT2D eigenvalue weighted by Crippen LogP contribution is 2.19. The molecular weight excluding hydrogens is 248 g/mol. The van der Waals surface area contributed by atoms with Gasteiger partial charge < -0.3 is 14.9 Å². The molecule has 18 heavy (non-hydrogen) atoms. The number of likely N-dealkylation sites (N-methyl/N-ethyl adjacent to an activating group) is 2. The van der Waals surface area contributed by atoms with Gasteiger partial charge >= 0.3 is 0 Å². The van der Waals surface area contributed by atoms with E-state index in [1.165, 1.54) is 0 Å². The average molecular weight is 271 g/mol. The first-order valence-corrected chi connectivity index (χ1v) is 6.63. The first kappa shape index (κ1) is 15.4. The Hall–Kier alpha value is -0.610. The molecule has 102 valence electrons. The molecule has 0 fully saturated rings. The molecule has 0 saturated heterocycles. The number of hydrogen-bond donors (Lipinski definition) is 1. The summed E-state index contributed by atoms with van der Waals surface area (Å²) in [5.41, 5.74) is 0.931. The largest absolute Gasteiger partial charge is 0.388 e. The summed E-state index contributed by atoms with van der Waals surface area (Å²) < 4.78 is 0. The van der Waals surface area contributed by atoms with Gasteiger partial charge in [-0.1, -0.05) is 23.7 Å². The number of benzene rings is 1. The van der Waals surface area contributed by atoms with Gasteiger partial charge in [0.25, 0.3) is 0 Å². The molecule has 0 aromatic heterocycles. The number of aliphatic hydroxyl groups excluding tert-OH is 1. The van der Waals surface area contributed by atoms with Crippen LogP contribution in [0.3, 0.4) is 0 Å². The summed E-state index contributed by atoms with van der Waals surface area (Å²) >= 11 is 5.82. The summed E-state index contributed by atoms with van der Waals surface area (Å²) in [5, 5.41) is 10.8. The van der Waals surface area contributed by atoms with Crippen LogP contribution in [0.4, 0.5) is 0 Å². The van der Waals surface area contributed by atoms with Crippen LogP contribution in [0, 0.1) is 0 Å². The zero-order chi connectivity index (χ0) is 13.5. The standard InChI is InChI=1S/C14H23ClN2O/c1-16(2)10-11-17(3)9-8-14(18)12-4-6-13(15)7-5-12/h4-7,14,18H,8-11H2,1-3H3. The van der Waals surface area contributed by atoms with Crippen molar-refractivity contribution in [3.63, 3.8) is 0 Å². The van der Waals surface area contributed by atoms with E-state index in [1.54, 1.807) is 0 Å². The molecule has 1 aromatic rings. The molecule has 0 aliphatic rings. The Morgan fingerprint density at radius 2 is 1.67 bits per heavy atom. The average Bonchev–Trinajstić information content (AvgIpc) is 2.34. The third kappa shape index (κ3) is 5.83. The maximum absolute atomic E-state index is 10.1. The Balaban J connectivity index is 2.32. The molecule has 1 N–H and O–H groups in total. The highest BCUT2D eigenvalue weighted by atomic mass is 35.5. The SMILES string of the molecule is CN(C)CCN(C)CCC(O)c1ccc(Cl)cc1. The van der Waals surface area contributed by atoms with Gasteiger partial charge in [0.2, 0.25) is 0 Å². The van der Waals surface area contributed by atoms with Crippen LogP contribution in [-0.2, 0) is 0 Å². The normalized spacial score (nSPS) is 13.3. The fraction of sp³-hybridized carbons (Fsp3) is 0.571. The molecule has 4 heteroatoms. The van der Waals surface area contributed by atoms with Gasteiger partial charge in [0.05, 0.1) is 6.10 Å². The lowest BCUT2D eigenvalue weighted by Gasteiger charge is -2.21. The van der Waals surface area contributed by atoms with E-state index in [1.807, 2.05) is 24.3 Å². The van der Waals surface area contributed by atoms with Crippen LogP contribution in [0.1, 0.15) is 18.1 Å². The van der Waals surface area contributed by atoms with E-state index in [-0.39, 0.29) is 0 Å². The van der Waals surface area contributed by atoms with E-state index in [9.17, 15) is 5.11 Å². The van der Waals surface area contributed by atoms with E-state index >= 15 is 0 Å². The maximum Gasteiger partial charge on any atom is 0.0802 e. The van der Waals surface area contributed by atoms with Crippen molar-refractivity contribution in [2.45, 2.75) is 12.5 Å². The summed E-state index contributed by atoms with van der Waals surface area (Å²) in [7, 11) is 6.21. The number of halogens is 1.